The van der Waals surface area contributed by atoms with Gasteiger partial charge in [0.1, 0.15) is 18.2 Å². The SMILES string of the molecule is Cc1nc(N)nc(COc2ccc(C(C)(C)C)cc2)n1. The van der Waals surface area contributed by atoms with E-state index in [1.165, 1.54) is 5.56 Å². The molecule has 1 heterocycles. The quantitative estimate of drug-likeness (QED) is 0.929. The predicted molar refractivity (Wildman–Crippen MR) is 78.5 cm³/mol. The van der Waals surface area contributed by atoms with Crippen LogP contribution in [0.3, 0.4) is 0 Å². The lowest BCUT2D eigenvalue weighted by Crippen LogP contribution is -2.11. The van der Waals surface area contributed by atoms with Crippen LogP contribution >= 0.6 is 0 Å². The number of aromatic nitrogens is 3. The van der Waals surface area contributed by atoms with E-state index < -0.39 is 0 Å². The van der Waals surface area contributed by atoms with Crippen molar-refractivity contribution in [3.05, 3.63) is 41.5 Å². The van der Waals surface area contributed by atoms with Crippen molar-refractivity contribution in [2.75, 3.05) is 5.73 Å². The van der Waals surface area contributed by atoms with Gasteiger partial charge in [0, 0.05) is 0 Å². The Bertz CT molecular complexity index is 568. The van der Waals surface area contributed by atoms with Crippen LogP contribution in [-0.2, 0) is 12.0 Å². The van der Waals surface area contributed by atoms with E-state index in [-0.39, 0.29) is 18.0 Å². The van der Waals surface area contributed by atoms with E-state index in [1.54, 1.807) is 6.92 Å². The monoisotopic (exact) mass is 272 g/mol. The molecule has 0 fully saturated rings. The van der Waals surface area contributed by atoms with Gasteiger partial charge in [-0.15, -0.1) is 0 Å². The molecule has 5 nitrogen and oxygen atoms in total. The van der Waals surface area contributed by atoms with Crippen LogP contribution in [0.4, 0.5) is 5.95 Å². The molecule has 2 rings (SSSR count). The Labute approximate surface area is 119 Å². The van der Waals surface area contributed by atoms with Crippen LogP contribution in [0, 0.1) is 6.92 Å². The Morgan fingerprint density at radius 2 is 1.70 bits per heavy atom. The molecule has 2 N–H and O–H groups in total. The normalized spacial score (nSPS) is 11.4. The van der Waals surface area contributed by atoms with Crippen LogP contribution in [0.1, 0.15) is 38.0 Å². The molecule has 0 aliphatic heterocycles. The summed E-state index contributed by atoms with van der Waals surface area (Å²) in [6.07, 6.45) is 0. The van der Waals surface area contributed by atoms with Gasteiger partial charge in [-0.3, -0.25) is 0 Å². The third-order valence-electron chi connectivity index (χ3n) is 2.90. The van der Waals surface area contributed by atoms with Crippen LogP contribution in [0.25, 0.3) is 0 Å². The molecular weight excluding hydrogens is 252 g/mol. The molecule has 1 aromatic carbocycles. The highest BCUT2D eigenvalue weighted by atomic mass is 16.5. The van der Waals surface area contributed by atoms with Crippen molar-refractivity contribution in [1.82, 2.24) is 15.0 Å². The van der Waals surface area contributed by atoms with Gasteiger partial charge in [-0.1, -0.05) is 32.9 Å². The summed E-state index contributed by atoms with van der Waals surface area (Å²) in [7, 11) is 0. The van der Waals surface area contributed by atoms with Gasteiger partial charge >= 0.3 is 0 Å². The zero-order valence-corrected chi connectivity index (χ0v) is 12.3. The standard InChI is InChI=1S/C15H20N4O/c1-10-17-13(19-14(16)18-10)9-20-12-7-5-11(6-8-12)15(2,3)4/h5-8H,9H2,1-4H3,(H2,16,17,18,19). The first-order valence-electron chi connectivity index (χ1n) is 6.55. The summed E-state index contributed by atoms with van der Waals surface area (Å²) < 4.78 is 5.66. The minimum atomic E-state index is 0.137. The highest BCUT2D eigenvalue weighted by Gasteiger charge is 2.13. The van der Waals surface area contributed by atoms with Crippen molar-refractivity contribution in [3.63, 3.8) is 0 Å². The minimum absolute atomic E-state index is 0.137. The average molecular weight is 272 g/mol. The first-order valence-corrected chi connectivity index (χ1v) is 6.55. The zero-order chi connectivity index (χ0) is 14.8. The van der Waals surface area contributed by atoms with Crippen molar-refractivity contribution in [2.24, 2.45) is 0 Å². The molecule has 5 heteroatoms. The van der Waals surface area contributed by atoms with E-state index in [0.717, 1.165) is 5.75 Å². The molecule has 0 spiro atoms. The Morgan fingerprint density at radius 1 is 1.05 bits per heavy atom. The van der Waals surface area contributed by atoms with Crippen LogP contribution in [0.5, 0.6) is 5.75 Å². The summed E-state index contributed by atoms with van der Waals surface area (Å²) in [5.74, 6) is 2.14. The van der Waals surface area contributed by atoms with Gasteiger partial charge in [0.25, 0.3) is 0 Å². The summed E-state index contributed by atoms with van der Waals surface area (Å²) in [6, 6.07) is 8.06. The Morgan fingerprint density at radius 3 is 2.25 bits per heavy atom. The number of ether oxygens (including phenoxy) is 1. The summed E-state index contributed by atoms with van der Waals surface area (Å²) >= 11 is 0. The average Bonchev–Trinajstić information content (AvgIpc) is 2.35. The Balaban J connectivity index is 2.04. The molecular formula is C15H20N4O. The molecule has 106 valence electrons. The van der Waals surface area contributed by atoms with Crippen molar-refractivity contribution in [1.29, 1.82) is 0 Å². The molecule has 0 amide bonds. The minimum Gasteiger partial charge on any atom is -0.486 e. The van der Waals surface area contributed by atoms with Gasteiger partial charge in [-0.05, 0) is 30.0 Å². The topological polar surface area (TPSA) is 73.9 Å². The number of benzene rings is 1. The fourth-order valence-electron chi connectivity index (χ4n) is 1.82. The van der Waals surface area contributed by atoms with E-state index in [9.17, 15) is 0 Å². The van der Waals surface area contributed by atoms with Gasteiger partial charge in [0.2, 0.25) is 5.95 Å². The van der Waals surface area contributed by atoms with Gasteiger partial charge in [0.15, 0.2) is 5.82 Å². The van der Waals surface area contributed by atoms with Crippen molar-refractivity contribution in [2.45, 2.75) is 39.7 Å². The fourth-order valence-corrected chi connectivity index (χ4v) is 1.82. The van der Waals surface area contributed by atoms with Crippen LogP contribution in [0.2, 0.25) is 0 Å². The lowest BCUT2D eigenvalue weighted by Gasteiger charge is -2.19. The highest BCUT2D eigenvalue weighted by molar-refractivity contribution is 5.31. The second kappa shape index (κ2) is 5.45. The van der Waals surface area contributed by atoms with Gasteiger partial charge < -0.3 is 10.5 Å². The molecule has 0 saturated heterocycles. The maximum absolute atomic E-state index is 5.66. The first kappa shape index (κ1) is 14.2. The molecule has 2 aromatic rings. The molecule has 20 heavy (non-hydrogen) atoms. The molecule has 1 aromatic heterocycles. The van der Waals surface area contributed by atoms with E-state index >= 15 is 0 Å². The van der Waals surface area contributed by atoms with Gasteiger partial charge in [-0.25, -0.2) is 4.98 Å². The van der Waals surface area contributed by atoms with Crippen LogP contribution < -0.4 is 10.5 Å². The lowest BCUT2D eigenvalue weighted by molar-refractivity contribution is 0.295. The number of anilines is 1. The molecule has 0 aliphatic carbocycles. The third-order valence-corrected chi connectivity index (χ3v) is 2.90. The third kappa shape index (κ3) is 3.66. The van der Waals surface area contributed by atoms with Crippen LogP contribution in [0.15, 0.2) is 24.3 Å². The Hall–Kier alpha value is -2.17. The van der Waals surface area contributed by atoms with Crippen molar-refractivity contribution in [3.8, 4) is 5.75 Å². The first-order chi connectivity index (χ1) is 9.34. The summed E-state index contributed by atoms with van der Waals surface area (Å²) in [6.45, 7) is 8.60. The number of aryl methyl sites for hydroxylation is 1. The van der Waals surface area contributed by atoms with Gasteiger partial charge in [0.05, 0.1) is 0 Å². The number of rotatable bonds is 3. The Kier molecular flexibility index (Phi) is 3.88. The smallest absolute Gasteiger partial charge is 0.223 e. The van der Waals surface area contributed by atoms with E-state index in [2.05, 4.69) is 47.9 Å². The van der Waals surface area contributed by atoms with Crippen molar-refractivity contribution < 1.29 is 4.74 Å². The molecule has 0 saturated carbocycles. The summed E-state index contributed by atoms with van der Waals surface area (Å²) in [5.41, 5.74) is 6.98. The summed E-state index contributed by atoms with van der Waals surface area (Å²) in [5, 5.41) is 0. The molecule has 0 aliphatic rings. The van der Waals surface area contributed by atoms with Crippen molar-refractivity contribution >= 4 is 5.95 Å². The number of hydrogen-bond donors (Lipinski definition) is 1. The maximum Gasteiger partial charge on any atom is 0.223 e. The predicted octanol–water partition coefficient (Wildman–Crippen LogP) is 2.64. The zero-order valence-electron chi connectivity index (χ0n) is 12.3. The van der Waals surface area contributed by atoms with E-state index in [1.807, 2.05) is 12.1 Å². The molecule has 0 bridgehead atoms. The molecule has 0 atom stereocenters. The lowest BCUT2D eigenvalue weighted by atomic mass is 9.87. The van der Waals surface area contributed by atoms with E-state index in [4.69, 9.17) is 10.5 Å². The largest absolute Gasteiger partial charge is 0.486 e. The number of hydrogen-bond acceptors (Lipinski definition) is 5. The second-order valence-corrected chi connectivity index (χ2v) is 5.72. The number of nitrogens with zero attached hydrogens (tertiary/aromatic N) is 3. The number of nitrogens with two attached hydrogens (primary N) is 1. The maximum atomic E-state index is 5.66. The summed E-state index contributed by atoms with van der Waals surface area (Å²) in [4.78, 5) is 12.1. The fraction of sp³-hybridized carbons (Fsp3) is 0.400. The van der Waals surface area contributed by atoms with Gasteiger partial charge in [-0.2, -0.15) is 9.97 Å². The van der Waals surface area contributed by atoms with Crippen LogP contribution in [-0.4, -0.2) is 15.0 Å². The molecule has 0 radical (unpaired) electrons. The second-order valence-electron chi connectivity index (χ2n) is 5.72. The number of nitrogen functional groups attached to an aromatic ring is 1. The molecule has 0 unspecified atom stereocenters. The highest BCUT2D eigenvalue weighted by Crippen LogP contribution is 2.24. The van der Waals surface area contributed by atoms with E-state index in [0.29, 0.717) is 11.6 Å².